The van der Waals surface area contributed by atoms with Gasteiger partial charge in [-0.1, -0.05) is 0 Å². The molecule has 2 aromatic rings. The molecule has 0 saturated carbocycles. The van der Waals surface area contributed by atoms with Gasteiger partial charge in [-0.25, -0.2) is 0 Å². The average molecular weight is 303 g/mol. The Morgan fingerprint density at radius 3 is 2.73 bits per heavy atom. The van der Waals surface area contributed by atoms with E-state index < -0.39 is 0 Å². The number of nitrogens with one attached hydrogen (secondary N) is 1. The van der Waals surface area contributed by atoms with Crippen molar-refractivity contribution in [3.05, 3.63) is 41.7 Å². The van der Waals surface area contributed by atoms with E-state index in [4.69, 9.17) is 9.47 Å². The number of carbonyl (C=O) groups is 1. The molecule has 2 rings (SSSR count). The number of methoxy groups -OCH3 is 2. The Morgan fingerprint density at radius 2 is 2.14 bits per heavy atom. The lowest BCUT2D eigenvalue weighted by atomic mass is 10.1. The molecule has 1 amide bonds. The highest BCUT2D eigenvalue weighted by Crippen LogP contribution is 2.29. The summed E-state index contributed by atoms with van der Waals surface area (Å²) >= 11 is 0. The van der Waals surface area contributed by atoms with Crippen molar-refractivity contribution in [2.45, 2.75) is 26.4 Å². The number of benzene rings is 1. The molecule has 118 valence electrons. The number of aromatic nitrogens is 2. The maximum atomic E-state index is 12.1. The van der Waals surface area contributed by atoms with Crippen molar-refractivity contribution in [1.29, 1.82) is 0 Å². The molecule has 1 N–H and O–H groups in total. The molecule has 6 heteroatoms. The lowest BCUT2D eigenvalue weighted by Gasteiger charge is -2.18. The highest BCUT2D eigenvalue weighted by Gasteiger charge is 2.15. The molecule has 1 aromatic heterocycles. The van der Waals surface area contributed by atoms with Gasteiger partial charge in [-0.3, -0.25) is 9.48 Å². The van der Waals surface area contributed by atoms with Crippen LogP contribution in [0, 0.1) is 6.92 Å². The SMILES string of the molecule is COc1ccc(OC)c(C(C)NC(=O)Cn2cc(C)cn2)c1. The molecule has 0 aliphatic rings. The van der Waals surface area contributed by atoms with Crippen molar-refractivity contribution in [2.24, 2.45) is 0 Å². The summed E-state index contributed by atoms with van der Waals surface area (Å²) in [5.74, 6) is 1.32. The van der Waals surface area contributed by atoms with Crippen LogP contribution in [0.1, 0.15) is 24.1 Å². The first kappa shape index (κ1) is 15.9. The standard InChI is InChI=1S/C16H21N3O3/c1-11-8-17-19(9-11)10-16(20)18-12(2)14-7-13(21-3)5-6-15(14)22-4/h5-9,12H,10H2,1-4H3,(H,18,20). The maximum absolute atomic E-state index is 12.1. The Balaban J connectivity index is 2.07. The normalized spacial score (nSPS) is 11.8. The van der Waals surface area contributed by atoms with Crippen LogP contribution in [0.25, 0.3) is 0 Å². The van der Waals surface area contributed by atoms with Gasteiger partial charge in [-0.15, -0.1) is 0 Å². The molecule has 1 atom stereocenters. The highest BCUT2D eigenvalue weighted by molar-refractivity contribution is 5.76. The third-order valence-corrected chi connectivity index (χ3v) is 3.35. The minimum atomic E-state index is -0.200. The van der Waals surface area contributed by atoms with Crippen LogP contribution in [0.4, 0.5) is 0 Å². The van der Waals surface area contributed by atoms with Gasteiger partial charge in [0.2, 0.25) is 5.91 Å². The monoisotopic (exact) mass is 303 g/mol. The second-order valence-electron chi connectivity index (χ2n) is 5.11. The van der Waals surface area contributed by atoms with Gasteiger partial charge in [0.1, 0.15) is 18.0 Å². The quantitative estimate of drug-likeness (QED) is 0.887. The van der Waals surface area contributed by atoms with Gasteiger partial charge in [-0.05, 0) is 37.6 Å². The van der Waals surface area contributed by atoms with Gasteiger partial charge in [0.15, 0.2) is 0 Å². The minimum absolute atomic E-state index is 0.111. The van der Waals surface area contributed by atoms with Crippen LogP contribution in [-0.2, 0) is 11.3 Å². The van der Waals surface area contributed by atoms with E-state index in [-0.39, 0.29) is 18.5 Å². The third kappa shape index (κ3) is 3.78. The Bertz CT molecular complexity index is 652. The molecule has 0 fully saturated rings. The van der Waals surface area contributed by atoms with E-state index in [1.165, 1.54) is 0 Å². The number of rotatable bonds is 6. The van der Waals surface area contributed by atoms with Crippen LogP contribution in [-0.4, -0.2) is 29.9 Å². The lowest BCUT2D eigenvalue weighted by Crippen LogP contribution is -2.30. The first-order valence-corrected chi connectivity index (χ1v) is 7.04. The fourth-order valence-corrected chi connectivity index (χ4v) is 2.24. The number of hydrogen-bond donors (Lipinski definition) is 1. The molecule has 1 heterocycles. The summed E-state index contributed by atoms with van der Waals surface area (Å²) in [6.45, 7) is 4.03. The van der Waals surface area contributed by atoms with E-state index in [1.54, 1.807) is 25.1 Å². The maximum Gasteiger partial charge on any atom is 0.242 e. The smallest absolute Gasteiger partial charge is 0.242 e. The molecule has 1 aromatic carbocycles. The fraction of sp³-hybridized carbons (Fsp3) is 0.375. The largest absolute Gasteiger partial charge is 0.497 e. The first-order chi connectivity index (χ1) is 10.5. The summed E-state index contributed by atoms with van der Waals surface area (Å²) in [5, 5.41) is 7.05. The zero-order valence-electron chi connectivity index (χ0n) is 13.3. The topological polar surface area (TPSA) is 65.4 Å². The Labute approximate surface area is 130 Å². The fourth-order valence-electron chi connectivity index (χ4n) is 2.24. The van der Waals surface area contributed by atoms with Crippen LogP contribution in [0.3, 0.4) is 0 Å². The van der Waals surface area contributed by atoms with Gasteiger partial charge in [0.05, 0.1) is 26.5 Å². The van der Waals surface area contributed by atoms with E-state index in [0.717, 1.165) is 16.9 Å². The van der Waals surface area contributed by atoms with Crippen LogP contribution >= 0.6 is 0 Å². The predicted molar refractivity (Wildman–Crippen MR) is 83.1 cm³/mol. The summed E-state index contributed by atoms with van der Waals surface area (Å²) < 4.78 is 12.2. The summed E-state index contributed by atoms with van der Waals surface area (Å²) in [4.78, 5) is 12.1. The van der Waals surface area contributed by atoms with Crippen molar-refractivity contribution in [3.8, 4) is 11.5 Å². The van der Waals surface area contributed by atoms with Gasteiger partial charge in [0, 0.05) is 11.8 Å². The van der Waals surface area contributed by atoms with Crippen LogP contribution in [0.5, 0.6) is 11.5 Å². The number of carbonyl (C=O) groups excluding carboxylic acids is 1. The van der Waals surface area contributed by atoms with E-state index >= 15 is 0 Å². The molecule has 6 nitrogen and oxygen atoms in total. The van der Waals surface area contributed by atoms with Crippen LogP contribution in [0.2, 0.25) is 0 Å². The van der Waals surface area contributed by atoms with Crippen LogP contribution in [0.15, 0.2) is 30.6 Å². The van der Waals surface area contributed by atoms with Crippen LogP contribution < -0.4 is 14.8 Å². The molecular formula is C16H21N3O3. The van der Waals surface area contributed by atoms with E-state index in [9.17, 15) is 4.79 Å². The lowest BCUT2D eigenvalue weighted by molar-refractivity contribution is -0.122. The molecule has 0 radical (unpaired) electrons. The third-order valence-electron chi connectivity index (χ3n) is 3.35. The molecular weight excluding hydrogens is 282 g/mol. The van der Waals surface area contributed by atoms with Crippen molar-refractivity contribution < 1.29 is 14.3 Å². The number of ether oxygens (including phenoxy) is 2. The second-order valence-corrected chi connectivity index (χ2v) is 5.11. The summed E-state index contributed by atoms with van der Waals surface area (Å²) in [7, 11) is 3.21. The van der Waals surface area contributed by atoms with Gasteiger partial charge >= 0.3 is 0 Å². The number of hydrogen-bond acceptors (Lipinski definition) is 4. The molecule has 0 aliphatic heterocycles. The second kappa shape index (κ2) is 6.98. The van der Waals surface area contributed by atoms with E-state index in [2.05, 4.69) is 10.4 Å². The van der Waals surface area contributed by atoms with Crippen molar-refractivity contribution in [1.82, 2.24) is 15.1 Å². The van der Waals surface area contributed by atoms with Gasteiger partial charge in [0.25, 0.3) is 0 Å². The molecule has 1 unspecified atom stereocenters. The van der Waals surface area contributed by atoms with E-state index in [0.29, 0.717) is 5.75 Å². The minimum Gasteiger partial charge on any atom is -0.497 e. The summed E-state index contributed by atoms with van der Waals surface area (Å²) in [5.41, 5.74) is 1.89. The first-order valence-electron chi connectivity index (χ1n) is 7.04. The zero-order valence-corrected chi connectivity index (χ0v) is 13.3. The Morgan fingerprint density at radius 1 is 1.36 bits per heavy atom. The number of amides is 1. The molecule has 0 saturated heterocycles. The van der Waals surface area contributed by atoms with Crippen molar-refractivity contribution in [3.63, 3.8) is 0 Å². The molecule has 0 spiro atoms. The van der Waals surface area contributed by atoms with Gasteiger partial charge in [-0.2, -0.15) is 5.10 Å². The van der Waals surface area contributed by atoms with Gasteiger partial charge < -0.3 is 14.8 Å². The zero-order chi connectivity index (χ0) is 16.1. The summed E-state index contributed by atoms with van der Waals surface area (Å²) in [6.07, 6.45) is 3.55. The molecule has 0 bridgehead atoms. The predicted octanol–water partition coefficient (Wildman–Crippen LogP) is 2.09. The highest BCUT2D eigenvalue weighted by atomic mass is 16.5. The number of nitrogens with zero attached hydrogens (tertiary/aromatic N) is 2. The Hall–Kier alpha value is -2.50. The van der Waals surface area contributed by atoms with Crippen molar-refractivity contribution >= 4 is 5.91 Å². The average Bonchev–Trinajstić information content (AvgIpc) is 2.91. The Kier molecular flexibility index (Phi) is 5.04. The number of aryl methyl sites for hydroxylation is 1. The molecule has 22 heavy (non-hydrogen) atoms. The summed E-state index contributed by atoms with van der Waals surface area (Å²) in [6, 6.07) is 5.31. The van der Waals surface area contributed by atoms with E-state index in [1.807, 2.05) is 38.2 Å². The van der Waals surface area contributed by atoms with Crippen molar-refractivity contribution in [2.75, 3.05) is 14.2 Å². The molecule has 0 aliphatic carbocycles.